The summed E-state index contributed by atoms with van der Waals surface area (Å²) < 4.78 is 41.4. The van der Waals surface area contributed by atoms with Gasteiger partial charge in [-0.2, -0.15) is 0 Å². The number of nitrogens with one attached hydrogen (secondary N) is 2. The number of pyridine rings is 2. The first-order valence-electron chi connectivity index (χ1n) is 9.35. The van der Waals surface area contributed by atoms with Gasteiger partial charge in [0.2, 0.25) is 0 Å². The average Bonchev–Trinajstić information content (AvgIpc) is 3.09. The molecule has 0 saturated heterocycles. The van der Waals surface area contributed by atoms with Crippen LogP contribution in [0.4, 0.5) is 15.8 Å². The van der Waals surface area contributed by atoms with Crippen LogP contribution >= 0.6 is 24.0 Å². The Morgan fingerprint density at radius 2 is 1.97 bits per heavy atom. The van der Waals surface area contributed by atoms with Crippen LogP contribution in [0.2, 0.25) is 5.15 Å². The Kier molecular flexibility index (Phi) is 7.04. The highest BCUT2D eigenvalue weighted by molar-refractivity contribution is 7.90. The summed E-state index contributed by atoms with van der Waals surface area (Å²) in [5.41, 5.74) is 3.58. The molecular weight excluding hydrogens is 476 g/mol. The number of nitrogens with zero attached hydrogens (tertiary/aromatic N) is 3. The Labute approximate surface area is 196 Å². The summed E-state index contributed by atoms with van der Waals surface area (Å²) in [4.78, 5) is 8.54. The molecule has 0 atom stereocenters. The van der Waals surface area contributed by atoms with Crippen LogP contribution < -0.4 is 10.6 Å². The molecule has 0 bridgehead atoms. The van der Waals surface area contributed by atoms with Gasteiger partial charge >= 0.3 is 0 Å². The molecule has 7 nitrogen and oxygen atoms in total. The summed E-state index contributed by atoms with van der Waals surface area (Å²) in [6.45, 7) is 2.23. The normalized spacial score (nSPS) is 11.4. The second-order valence-corrected chi connectivity index (χ2v) is 9.13. The molecule has 168 valence electrons. The van der Waals surface area contributed by atoms with Gasteiger partial charge < -0.3 is 10.6 Å². The van der Waals surface area contributed by atoms with E-state index in [1.165, 1.54) is 24.4 Å². The largest absolute Gasteiger partial charge is 0.353 e. The van der Waals surface area contributed by atoms with E-state index in [4.69, 9.17) is 11.6 Å². The van der Waals surface area contributed by atoms with Crippen LogP contribution in [-0.2, 0) is 16.6 Å². The predicted octanol–water partition coefficient (Wildman–Crippen LogP) is 4.65. The molecule has 0 amide bonds. The first-order valence-corrected chi connectivity index (χ1v) is 11.2. The zero-order valence-electron chi connectivity index (χ0n) is 17.1. The smallest absolute Gasteiger partial charge is 0.268 e. The number of rotatable bonds is 6. The number of benzene rings is 1. The van der Waals surface area contributed by atoms with E-state index in [9.17, 15) is 12.8 Å². The first kappa shape index (κ1) is 23.9. The molecule has 3 heterocycles. The fourth-order valence-electron chi connectivity index (χ4n) is 3.29. The van der Waals surface area contributed by atoms with E-state index in [2.05, 4.69) is 20.6 Å². The minimum absolute atomic E-state index is 0. The van der Waals surface area contributed by atoms with E-state index in [1.54, 1.807) is 31.4 Å². The van der Waals surface area contributed by atoms with Gasteiger partial charge in [0.05, 0.1) is 39.2 Å². The summed E-state index contributed by atoms with van der Waals surface area (Å²) in [5.74, 6) is -0.626. The molecule has 0 aliphatic carbocycles. The zero-order valence-corrected chi connectivity index (χ0v) is 19.5. The lowest BCUT2D eigenvalue weighted by atomic mass is 10.2. The summed E-state index contributed by atoms with van der Waals surface area (Å²) in [6.07, 6.45) is 3.13. The van der Waals surface area contributed by atoms with Crippen LogP contribution in [0.1, 0.15) is 11.3 Å². The number of aromatic nitrogens is 3. The number of aryl methyl sites for hydroxylation is 1. The highest BCUT2D eigenvalue weighted by Crippen LogP contribution is 2.29. The lowest BCUT2D eigenvalue weighted by Gasteiger charge is -2.11. The number of hydrogen-bond acceptors (Lipinski definition) is 6. The van der Waals surface area contributed by atoms with E-state index in [0.717, 1.165) is 10.0 Å². The van der Waals surface area contributed by atoms with Crippen molar-refractivity contribution in [2.24, 2.45) is 0 Å². The molecule has 0 saturated carbocycles. The average molecular weight is 496 g/mol. The van der Waals surface area contributed by atoms with Crippen molar-refractivity contribution in [2.75, 3.05) is 12.4 Å². The molecule has 4 aromatic rings. The van der Waals surface area contributed by atoms with Crippen molar-refractivity contribution in [1.29, 1.82) is 0 Å². The topological polar surface area (TPSA) is 88.9 Å². The maximum atomic E-state index is 13.7. The maximum Gasteiger partial charge on any atom is 0.268 e. The standard InChI is InChI=1S/C21H19ClFN5O2S.ClH/c1-13-18(6-7-20(22)26-13)27-16-9-19-21(25-11-16)14(10-24-2)12-28(19)31(29,30)17-5-3-4-15(23)8-17;/h3-9,11-12,24,27H,10H2,1-2H3;1H. The van der Waals surface area contributed by atoms with E-state index < -0.39 is 15.8 Å². The Morgan fingerprint density at radius 3 is 2.66 bits per heavy atom. The van der Waals surface area contributed by atoms with Crippen molar-refractivity contribution < 1.29 is 12.8 Å². The number of halogens is 3. The molecule has 1 aromatic carbocycles. The molecule has 4 rings (SSSR count). The summed E-state index contributed by atoms with van der Waals surface area (Å²) in [5, 5.41) is 6.58. The Hall–Kier alpha value is -2.72. The third-order valence-electron chi connectivity index (χ3n) is 4.73. The van der Waals surface area contributed by atoms with Crippen LogP contribution in [0.5, 0.6) is 0 Å². The van der Waals surface area contributed by atoms with Gasteiger partial charge in [-0.15, -0.1) is 12.4 Å². The second-order valence-electron chi connectivity index (χ2n) is 6.93. The highest BCUT2D eigenvalue weighted by atomic mass is 35.5. The SMILES string of the molecule is CNCc1cn(S(=O)(=O)c2cccc(F)c2)c2cc(Nc3ccc(Cl)nc3C)cnc12.Cl. The van der Waals surface area contributed by atoms with Crippen LogP contribution in [0.15, 0.2) is 59.8 Å². The Morgan fingerprint density at radius 1 is 1.19 bits per heavy atom. The fourth-order valence-corrected chi connectivity index (χ4v) is 4.88. The molecule has 11 heteroatoms. The van der Waals surface area contributed by atoms with Crippen molar-refractivity contribution in [3.05, 3.63) is 77.1 Å². The number of anilines is 2. The van der Waals surface area contributed by atoms with Gasteiger partial charge in [-0.25, -0.2) is 21.8 Å². The van der Waals surface area contributed by atoms with E-state index >= 15 is 0 Å². The van der Waals surface area contributed by atoms with Gasteiger partial charge in [0.25, 0.3) is 10.0 Å². The lowest BCUT2D eigenvalue weighted by molar-refractivity contribution is 0.584. The van der Waals surface area contributed by atoms with Gasteiger partial charge in [0.15, 0.2) is 0 Å². The Bertz CT molecular complexity index is 1390. The van der Waals surface area contributed by atoms with E-state index in [0.29, 0.717) is 45.4 Å². The lowest BCUT2D eigenvalue weighted by Crippen LogP contribution is -2.12. The molecule has 2 N–H and O–H groups in total. The van der Waals surface area contributed by atoms with Crippen LogP contribution in [0.3, 0.4) is 0 Å². The zero-order chi connectivity index (χ0) is 22.2. The molecule has 0 spiro atoms. The highest BCUT2D eigenvalue weighted by Gasteiger charge is 2.22. The van der Waals surface area contributed by atoms with E-state index in [1.807, 2.05) is 6.92 Å². The summed E-state index contributed by atoms with van der Waals surface area (Å²) in [7, 11) is -2.28. The van der Waals surface area contributed by atoms with Crippen molar-refractivity contribution >= 4 is 56.4 Å². The third kappa shape index (κ3) is 4.56. The van der Waals surface area contributed by atoms with Gasteiger partial charge in [-0.3, -0.25) is 4.98 Å². The van der Waals surface area contributed by atoms with Gasteiger partial charge in [0.1, 0.15) is 11.0 Å². The summed E-state index contributed by atoms with van der Waals surface area (Å²) in [6, 6.07) is 10.0. The van der Waals surface area contributed by atoms with Crippen LogP contribution in [-0.4, -0.2) is 29.4 Å². The molecule has 0 fully saturated rings. The molecule has 0 radical (unpaired) electrons. The van der Waals surface area contributed by atoms with Crippen molar-refractivity contribution in [2.45, 2.75) is 18.4 Å². The molecule has 32 heavy (non-hydrogen) atoms. The van der Waals surface area contributed by atoms with Crippen molar-refractivity contribution in [1.82, 2.24) is 19.3 Å². The first-order chi connectivity index (χ1) is 14.8. The van der Waals surface area contributed by atoms with Crippen LogP contribution in [0.25, 0.3) is 11.0 Å². The van der Waals surface area contributed by atoms with Gasteiger partial charge in [0, 0.05) is 18.3 Å². The van der Waals surface area contributed by atoms with Crippen molar-refractivity contribution in [3.63, 3.8) is 0 Å². The van der Waals surface area contributed by atoms with E-state index in [-0.39, 0.29) is 17.3 Å². The fraction of sp³-hybridized carbons (Fsp3) is 0.143. The van der Waals surface area contributed by atoms with Crippen LogP contribution in [0, 0.1) is 12.7 Å². The quantitative estimate of drug-likeness (QED) is 0.378. The Balaban J connectivity index is 0.00000289. The minimum Gasteiger partial charge on any atom is -0.353 e. The minimum atomic E-state index is -4.04. The van der Waals surface area contributed by atoms with Gasteiger partial charge in [-0.1, -0.05) is 17.7 Å². The third-order valence-corrected chi connectivity index (χ3v) is 6.61. The molecule has 3 aromatic heterocycles. The second kappa shape index (κ2) is 9.41. The summed E-state index contributed by atoms with van der Waals surface area (Å²) >= 11 is 5.92. The molecule has 0 aliphatic heterocycles. The monoisotopic (exact) mass is 495 g/mol. The number of hydrogen-bond donors (Lipinski definition) is 2. The molecule has 0 unspecified atom stereocenters. The van der Waals surface area contributed by atoms with Crippen molar-refractivity contribution in [3.8, 4) is 0 Å². The molecular formula is C21H20Cl2FN5O2S. The molecule has 0 aliphatic rings. The van der Waals surface area contributed by atoms with Gasteiger partial charge in [-0.05, 0) is 50.4 Å². The number of fused-ring (bicyclic) bond motifs is 1. The maximum absolute atomic E-state index is 13.7. The predicted molar refractivity (Wildman–Crippen MR) is 126 cm³/mol.